The largest absolute Gasteiger partial charge is 0.507 e. The van der Waals surface area contributed by atoms with Gasteiger partial charge in [-0.1, -0.05) is 0 Å². The smallest absolute Gasteiger partial charge is 0.266 e. The fourth-order valence-electron chi connectivity index (χ4n) is 1.99. The molecule has 0 saturated heterocycles. The van der Waals surface area contributed by atoms with E-state index in [9.17, 15) is 20.3 Å². The van der Waals surface area contributed by atoms with Crippen LogP contribution in [0.5, 0.6) is 17.2 Å². The molecule has 0 saturated carbocycles. The lowest BCUT2D eigenvalue weighted by atomic mass is 10.1. The van der Waals surface area contributed by atoms with Gasteiger partial charge >= 0.3 is 0 Å². The van der Waals surface area contributed by atoms with E-state index in [0.717, 1.165) is 6.07 Å². The van der Waals surface area contributed by atoms with Crippen molar-refractivity contribution < 1.29 is 19.7 Å². The zero-order valence-corrected chi connectivity index (χ0v) is 15.4. The van der Waals surface area contributed by atoms with Crippen LogP contribution in [-0.4, -0.2) is 22.7 Å². The van der Waals surface area contributed by atoms with Crippen LogP contribution in [0.25, 0.3) is 6.08 Å². The third kappa shape index (κ3) is 4.87. The Balaban J connectivity index is 2.21. The minimum atomic E-state index is -0.603. The van der Waals surface area contributed by atoms with Crippen molar-refractivity contribution in [3.8, 4) is 23.3 Å². The summed E-state index contributed by atoms with van der Waals surface area (Å²) in [7, 11) is 0. The predicted molar refractivity (Wildman–Crippen MR) is 102 cm³/mol. The number of halogens is 1. The van der Waals surface area contributed by atoms with Crippen molar-refractivity contribution in [2.24, 2.45) is 0 Å². The lowest BCUT2D eigenvalue weighted by Gasteiger charge is -2.07. The van der Waals surface area contributed by atoms with Gasteiger partial charge < -0.3 is 20.3 Å². The molecule has 2 rings (SSSR count). The molecule has 6 nitrogen and oxygen atoms in total. The zero-order valence-electron chi connectivity index (χ0n) is 13.3. The number of hydrogen-bond donors (Lipinski definition) is 3. The number of amides is 1. The van der Waals surface area contributed by atoms with Gasteiger partial charge in [-0.3, -0.25) is 4.79 Å². The maximum absolute atomic E-state index is 12.3. The number of ether oxygens (including phenoxy) is 1. The highest BCUT2D eigenvalue weighted by atomic mass is 127. The maximum atomic E-state index is 12.3. The molecule has 7 heteroatoms. The summed E-state index contributed by atoms with van der Waals surface area (Å²) in [5, 5.41) is 31.2. The number of carbonyl (C=O) groups is 1. The average molecular weight is 450 g/mol. The lowest BCUT2D eigenvalue weighted by molar-refractivity contribution is -0.112. The van der Waals surface area contributed by atoms with Gasteiger partial charge in [0, 0.05) is 17.3 Å². The molecular weight excluding hydrogens is 435 g/mol. The number of aromatic hydroxyl groups is 2. The Hall–Kier alpha value is -2.73. The van der Waals surface area contributed by atoms with Crippen molar-refractivity contribution >= 4 is 40.3 Å². The number of carbonyl (C=O) groups excluding carboxylic acids is 1. The highest BCUT2D eigenvalue weighted by Crippen LogP contribution is 2.30. The van der Waals surface area contributed by atoms with E-state index in [-0.39, 0.29) is 22.6 Å². The topological polar surface area (TPSA) is 103 Å². The predicted octanol–water partition coefficient (Wildman–Crippen LogP) is 3.65. The summed E-state index contributed by atoms with van der Waals surface area (Å²) in [5.41, 5.74) is 0.602. The van der Waals surface area contributed by atoms with Crippen LogP contribution in [0, 0.1) is 14.9 Å². The quantitative estimate of drug-likeness (QED) is 0.367. The third-order valence-electron chi connectivity index (χ3n) is 3.18. The molecule has 3 N–H and O–H groups in total. The van der Waals surface area contributed by atoms with Crippen LogP contribution < -0.4 is 10.1 Å². The van der Waals surface area contributed by atoms with Crippen LogP contribution >= 0.6 is 22.6 Å². The van der Waals surface area contributed by atoms with Gasteiger partial charge in [-0.2, -0.15) is 5.26 Å². The van der Waals surface area contributed by atoms with E-state index in [1.807, 2.05) is 35.6 Å². The van der Waals surface area contributed by atoms with Gasteiger partial charge in [0.1, 0.15) is 28.9 Å². The zero-order chi connectivity index (χ0) is 18.4. The molecule has 0 aliphatic heterocycles. The Morgan fingerprint density at radius 1 is 1.28 bits per heavy atom. The summed E-state index contributed by atoms with van der Waals surface area (Å²) in [4.78, 5) is 12.3. The first-order valence-electron chi connectivity index (χ1n) is 7.32. The summed E-state index contributed by atoms with van der Waals surface area (Å²) in [6.45, 7) is 2.42. The van der Waals surface area contributed by atoms with Gasteiger partial charge in [-0.25, -0.2) is 0 Å². The molecule has 1 amide bonds. The van der Waals surface area contributed by atoms with Crippen LogP contribution in [-0.2, 0) is 4.79 Å². The number of phenolic OH excluding ortho intramolecular Hbond substituents is 2. The third-order valence-corrected chi connectivity index (χ3v) is 4.05. The summed E-state index contributed by atoms with van der Waals surface area (Å²) in [6.07, 6.45) is 1.26. The molecule has 0 unspecified atom stereocenters. The summed E-state index contributed by atoms with van der Waals surface area (Å²) >= 11 is 1.89. The molecule has 0 radical (unpaired) electrons. The van der Waals surface area contributed by atoms with Gasteiger partial charge in [0.15, 0.2) is 0 Å². The molecular formula is C18H15IN2O4. The van der Waals surface area contributed by atoms with Crippen molar-refractivity contribution in [1.82, 2.24) is 0 Å². The van der Waals surface area contributed by atoms with E-state index in [1.54, 1.807) is 24.3 Å². The molecule has 0 aromatic heterocycles. The number of nitrogens with one attached hydrogen (secondary N) is 1. The van der Waals surface area contributed by atoms with Gasteiger partial charge in [0.2, 0.25) is 0 Å². The Labute approximate surface area is 158 Å². The molecule has 0 atom stereocenters. The second-order valence-corrected chi connectivity index (χ2v) is 6.11. The highest BCUT2D eigenvalue weighted by Gasteiger charge is 2.12. The van der Waals surface area contributed by atoms with Crippen molar-refractivity contribution in [2.75, 3.05) is 11.9 Å². The minimum absolute atomic E-state index is 0.0763. The number of anilines is 1. The van der Waals surface area contributed by atoms with E-state index in [0.29, 0.717) is 21.6 Å². The summed E-state index contributed by atoms with van der Waals surface area (Å²) in [5.74, 6) is -0.221. The van der Waals surface area contributed by atoms with Crippen LogP contribution in [0.2, 0.25) is 0 Å². The average Bonchev–Trinajstić information content (AvgIpc) is 2.58. The fraction of sp³-hybridized carbons (Fsp3) is 0.111. The maximum Gasteiger partial charge on any atom is 0.266 e. The number of benzene rings is 2. The number of nitriles is 1. The van der Waals surface area contributed by atoms with Crippen molar-refractivity contribution in [2.45, 2.75) is 6.92 Å². The molecule has 2 aromatic rings. The fourth-order valence-corrected chi connectivity index (χ4v) is 2.48. The molecule has 0 aliphatic carbocycles. The molecule has 0 aliphatic rings. The van der Waals surface area contributed by atoms with Crippen LogP contribution in [0.15, 0.2) is 42.0 Å². The second-order valence-electron chi connectivity index (χ2n) is 4.94. The Bertz CT molecular complexity index is 855. The van der Waals surface area contributed by atoms with E-state index in [1.165, 1.54) is 12.1 Å². The first kappa shape index (κ1) is 18.6. The number of phenols is 2. The van der Waals surface area contributed by atoms with Gasteiger partial charge in [-0.05, 0) is 65.9 Å². The van der Waals surface area contributed by atoms with E-state index in [4.69, 9.17) is 4.74 Å². The van der Waals surface area contributed by atoms with E-state index in [2.05, 4.69) is 5.32 Å². The van der Waals surface area contributed by atoms with E-state index < -0.39 is 5.91 Å². The Morgan fingerprint density at radius 2 is 1.96 bits per heavy atom. The summed E-state index contributed by atoms with van der Waals surface area (Å²) in [6, 6.07) is 11.2. The lowest BCUT2D eigenvalue weighted by Crippen LogP contribution is -2.13. The van der Waals surface area contributed by atoms with Crippen LogP contribution in [0.1, 0.15) is 12.5 Å². The summed E-state index contributed by atoms with van der Waals surface area (Å²) < 4.78 is 5.81. The number of nitrogens with zero attached hydrogens (tertiary/aromatic N) is 1. The molecule has 0 fully saturated rings. The second kappa shape index (κ2) is 8.39. The standard InChI is InChI=1S/C18H15IN2O4/c1-2-25-14-5-3-13(4-6-14)21-18(24)12(10-20)7-11-8-15(19)17(23)9-16(11)22/h3-9,22-23H,2H2,1H3,(H,21,24)/b12-7-. The Kier molecular flexibility index (Phi) is 6.25. The molecule has 0 heterocycles. The first-order valence-corrected chi connectivity index (χ1v) is 8.40. The minimum Gasteiger partial charge on any atom is -0.507 e. The monoisotopic (exact) mass is 450 g/mol. The van der Waals surface area contributed by atoms with Crippen molar-refractivity contribution in [3.05, 3.63) is 51.1 Å². The van der Waals surface area contributed by atoms with Crippen LogP contribution in [0.4, 0.5) is 5.69 Å². The van der Waals surface area contributed by atoms with Crippen molar-refractivity contribution in [1.29, 1.82) is 5.26 Å². The SMILES string of the molecule is CCOc1ccc(NC(=O)/C(C#N)=C\c2cc(I)c(O)cc2O)cc1. The molecule has 128 valence electrons. The Morgan fingerprint density at radius 3 is 2.56 bits per heavy atom. The van der Waals surface area contributed by atoms with Gasteiger partial charge in [0.05, 0.1) is 10.2 Å². The molecule has 25 heavy (non-hydrogen) atoms. The molecule has 2 aromatic carbocycles. The highest BCUT2D eigenvalue weighted by molar-refractivity contribution is 14.1. The molecule has 0 spiro atoms. The first-order chi connectivity index (χ1) is 11.9. The van der Waals surface area contributed by atoms with Gasteiger partial charge in [-0.15, -0.1) is 0 Å². The van der Waals surface area contributed by atoms with Crippen molar-refractivity contribution in [3.63, 3.8) is 0 Å². The van der Waals surface area contributed by atoms with E-state index >= 15 is 0 Å². The van der Waals surface area contributed by atoms with Gasteiger partial charge in [0.25, 0.3) is 5.91 Å². The normalized spacial score (nSPS) is 10.8. The molecule has 0 bridgehead atoms. The number of hydrogen-bond acceptors (Lipinski definition) is 5. The van der Waals surface area contributed by atoms with Crippen LogP contribution in [0.3, 0.4) is 0 Å². The number of rotatable bonds is 5.